The molecule has 1 aromatic heterocycles. The lowest BCUT2D eigenvalue weighted by Gasteiger charge is -2.36. The minimum Gasteiger partial charge on any atom is -0.450 e. The fourth-order valence-electron chi connectivity index (χ4n) is 4.94. The van der Waals surface area contributed by atoms with Gasteiger partial charge < -0.3 is 14.5 Å². The van der Waals surface area contributed by atoms with E-state index in [-0.39, 0.29) is 35.2 Å². The Balaban J connectivity index is 1.27. The van der Waals surface area contributed by atoms with Crippen LogP contribution >= 0.6 is 23.4 Å². The van der Waals surface area contributed by atoms with Gasteiger partial charge in [-0.1, -0.05) is 23.7 Å². The van der Waals surface area contributed by atoms with Crippen molar-refractivity contribution in [2.75, 3.05) is 26.7 Å². The van der Waals surface area contributed by atoms with E-state index in [1.54, 1.807) is 36.2 Å². The Morgan fingerprint density at radius 1 is 1.22 bits per heavy atom. The average molecular weight is 606 g/mol. The van der Waals surface area contributed by atoms with Crippen molar-refractivity contribution in [3.8, 4) is 0 Å². The third-order valence-electron chi connectivity index (χ3n) is 7.11. The summed E-state index contributed by atoms with van der Waals surface area (Å²) in [6.45, 7) is 3.19. The number of aromatic nitrogens is 2. The van der Waals surface area contributed by atoms with Crippen LogP contribution in [0, 0.1) is 0 Å². The molecule has 0 aliphatic carbocycles. The van der Waals surface area contributed by atoms with Crippen LogP contribution in [0.5, 0.6) is 0 Å². The van der Waals surface area contributed by atoms with Crippen molar-refractivity contribution in [2.45, 2.75) is 38.5 Å². The third kappa shape index (κ3) is 6.38. The molecule has 2 aliphatic heterocycles. The number of thioether (sulfide) groups is 1. The van der Waals surface area contributed by atoms with Crippen molar-refractivity contribution >= 4 is 57.5 Å². The highest BCUT2D eigenvalue weighted by Gasteiger charge is 2.34. The van der Waals surface area contributed by atoms with Gasteiger partial charge >= 0.3 is 12.3 Å². The number of hydrogen-bond donors (Lipinski definition) is 0. The molecule has 0 radical (unpaired) electrons. The van der Waals surface area contributed by atoms with E-state index in [1.165, 1.54) is 28.6 Å². The van der Waals surface area contributed by atoms with Gasteiger partial charge in [0.2, 0.25) is 0 Å². The number of piperidine rings is 1. The first kappa shape index (κ1) is 29.0. The topological polar surface area (TPSA) is 80.0 Å². The number of ether oxygens (including phenoxy) is 1. The largest absolute Gasteiger partial charge is 0.450 e. The third-order valence-corrected chi connectivity index (χ3v) is 8.42. The van der Waals surface area contributed by atoms with Crippen LogP contribution in [0.3, 0.4) is 0 Å². The molecule has 5 rings (SSSR count). The van der Waals surface area contributed by atoms with Gasteiger partial charge in [-0.15, -0.1) is 0 Å². The molecule has 0 bridgehead atoms. The minimum atomic E-state index is -4.54. The summed E-state index contributed by atoms with van der Waals surface area (Å²) in [6.07, 6.45) is -0.0312. The number of aliphatic imine (C=N–C) groups is 1. The summed E-state index contributed by atoms with van der Waals surface area (Å²) in [5.74, 6) is -0.334. The minimum absolute atomic E-state index is 0.0149. The molecule has 0 N–H and O–H groups in total. The second-order valence-electron chi connectivity index (χ2n) is 9.76. The maximum atomic E-state index is 13.5. The van der Waals surface area contributed by atoms with Gasteiger partial charge in [-0.25, -0.2) is 4.79 Å². The van der Waals surface area contributed by atoms with Crippen LogP contribution in [0.15, 0.2) is 52.5 Å². The zero-order chi connectivity index (χ0) is 29.3. The number of amides is 2. The van der Waals surface area contributed by atoms with Crippen molar-refractivity contribution in [3.05, 3.63) is 69.2 Å². The summed E-state index contributed by atoms with van der Waals surface area (Å²) in [6, 6.07) is 9.24. The van der Waals surface area contributed by atoms with Gasteiger partial charge in [0.15, 0.2) is 5.17 Å². The number of carbonyl (C=O) groups is 2. The zero-order valence-electron chi connectivity index (χ0n) is 22.3. The van der Waals surface area contributed by atoms with E-state index in [2.05, 4.69) is 10.1 Å². The van der Waals surface area contributed by atoms with E-state index in [1.807, 2.05) is 18.0 Å². The van der Waals surface area contributed by atoms with Gasteiger partial charge in [0.1, 0.15) is 0 Å². The Labute approximate surface area is 243 Å². The number of alkyl halides is 3. The summed E-state index contributed by atoms with van der Waals surface area (Å²) in [4.78, 5) is 33.1. The fraction of sp³-hybridized carbons (Fsp3) is 0.357. The van der Waals surface area contributed by atoms with E-state index in [0.29, 0.717) is 35.3 Å². The maximum Gasteiger partial charge on any atom is 0.416 e. The van der Waals surface area contributed by atoms with Crippen molar-refractivity contribution in [3.63, 3.8) is 0 Å². The van der Waals surface area contributed by atoms with Crippen LogP contribution in [0.4, 0.5) is 18.0 Å². The lowest BCUT2D eigenvalue weighted by Crippen LogP contribution is -2.46. The molecule has 2 aromatic carbocycles. The van der Waals surface area contributed by atoms with Gasteiger partial charge in [-0.2, -0.15) is 23.3 Å². The van der Waals surface area contributed by atoms with Crippen molar-refractivity contribution in [1.82, 2.24) is 19.6 Å². The van der Waals surface area contributed by atoms with Crippen molar-refractivity contribution in [1.29, 1.82) is 0 Å². The van der Waals surface area contributed by atoms with Crippen LogP contribution in [0.1, 0.15) is 36.5 Å². The van der Waals surface area contributed by atoms with Gasteiger partial charge in [-0.05, 0) is 73.0 Å². The Bertz CT molecular complexity index is 1550. The number of benzene rings is 2. The van der Waals surface area contributed by atoms with Crippen LogP contribution in [0.25, 0.3) is 17.0 Å². The molecule has 8 nitrogen and oxygen atoms in total. The second-order valence-corrected chi connectivity index (χ2v) is 11.2. The van der Waals surface area contributed by atoms with E-state index < -0.39 is 11.7 Å². The number of likely N-dealkylation sites (tertiary alicyclic amines) is 1. The Morgan fingerprint density at radius 2 is 1.98 bits per heavy atom. The van der Waals surface area contributed by atoms with E-state index in [0.717, 1.165) is 29.9 Å². The SMILES string of the molecule is CCOC(=O)N1CCC(N(C)C2=NC(=O)/C(=C/c3ccc4c(cnn4Cc4ccc(Cl)cc4C(F)(F)F)c3)S2)CC1. The molecular weight excluding hydrogens is 579 g/mol. The van der Waals surface area contributed by atoms with Crippen LogP contribution in [0.2, 0.25) is 5.02 Å². The van der Waals surface area contributed by atoms with Crippen molar-refractivity contribution < 1.29 is 27.5 Å². The van der Waals surface area contributed by atoms with Crippen LogP contribution in [-0.2, 0) is 22.3 Å². The molecule has 2 aliphatic rings. The molecule has 1 fully saturated rings. The highest BCUT2D eigenvalue weighted by atomic mass is 35.5. The number of rotatable bonds is 5. The number of nitrogens with zero attached hydrogens (tertiary/aromatic N) is 5. The second kappa shape index (κ2) is 11.8. The molecule has 1 saturated heterocycles. The fourth-order valence-corrected chi connectivity index (χ4v) is 6.06. The van der Waals surface area contributed by atoms with Crippen molar-refractivity contribution in [2.24, 2.45) is 4.99 Å². The van der Waals surface area contributed by atoms with E-state index in [9.17, 15) is 22.8 Å². The molecule has 3 heterocycles. The lowest BCUT2D eigenvalue weighted by atomic mass is 10.0. The van der Waals surface area contributed by atoms with Crippen LogP contribution in [-0.4, -0.2) is 69.5 Å². The molecule has 3 aromatic rings. The number of halogens is 4. The summed E-state index contributed by atoms with van der Waals surface area (Å²) in [5.41, 5.74) is 0.673. The van der Waals surface area contributed by atoms with E-state index >= 15 is 0 Å². The quantitative estimate of drug-likeness (QED) is 0.319. The first-order chi connectivity index (χ1) is 19.5. The van der Waals surface area contributed by atoms with Crippen LogP contribution < -0.4 is 0 Å². The summed E-state index contributed by atoms with van der Waals surface area (Å²) in [5, 5.41) is 5.64. The molecule has 41 heavy (non-hydrogen) atoms. The van der Waals surface area contributed by atoms with E-state index in [4.69, 9.17) is 16.3 Å². The highest BCUT2D eigenvalue weighted by Crippen LogP contribution is 2.35. The molecule has 13 heteroatoms. The zero-order valence-corrected chi connectivity index (χ0v) is 23.9. The molecule has 0 saturated carbocycles. The molecular formula is C28H27ClF3N5O3S. The molecule has 0 atom stereocenters. The number of carbonyl (C=O) groups excluding carboxylic acids is 2. The number of hydrogen-bond acceptors (Lipinski definition) is 6. The Hall–Kier alpha value is -3.51. The number of amidine groups is 1. The standard InChI is InChI=1S/C28H27ClF3N5O3S/c1-3-40-27(39)36-10-8-21(9-11-36)35(2)26-34-25(38)24(41-26)13-17-4-7-23-19(12-17)15-33-37(23)16-18-5-6-20(29)14-22(18)28(30,31)32/h4-7,12-15,21H,3,8-11,16H2,1-2H3/b24-13-. The summed E-state index contributed by atoms with van der Waals surface area (Å²) >= 11 is 7.10. The average Bonchev–Trinajstić information content (AvgIpc) is 3.51. The predicted molar refractivity (Wildman–Crippen MR) is 153 cm³/mol. The predicted octanol–water partition coefficient (Wildman–Crippen LogP) is 6.28. The van der Waals surface area contributed by atoms with Gasteiger partial charge in [0, 0.05) is 36.6 Å². The molecule has 216 valence electrons. The summed E-state index contributed by atoms with van der Waals surface area (Å²) < 4.78 is 47.2. The normalized spacial score (nSPS) is 17.4. The molecule has 0 spiro atoms. The molecule has 0 unspecified atom stereocenters. The first-order valence-electron chi connectivity index (χ1n) is 13.0. The first-order valence-corrected chi connectivity index (χ1v) is 14.2. The summed E-state index contributed by atoms with van der Waals surface area (Å²) in [7, 11) is 1.90. The smallest absolute Gasteiger partial charge is 0.416 e. The monoisotopic (exact) mass is 605 g/mol. The lowest BCUT2D eigenvalue weighted by molar-refractivity contribution is -0.138. The van der Waals surface area contributed by atoms with Gasteiger partial charge in [0.05, 0.1) is 35.3 Å². The number of fused-ring (bicyclic) bond motifs is 1. The molecule has 2 amide bonds. The highest BCUT2D eigenvalue weighted by molar-refractivity contribution is 8.18. The van der Waals surface area contributed by atoms with Gasteiger partial charge in [0.25, 0.3) is 5.91 Å². The Kier molecular flexibility index (Phi) is 8.32. The van der Waals surface area contributed by atoms with Gasteiger partial charge in [-0.3, -0.25) is 9.48 Å². The Morgan fingerprint density at radius 3 is 2.68 bits per heavy atom. The maximum absolute atomic E-state index is 13.5.